The van der Waals surface area contributed by atoms with Crippen LogP contribution in [0.2, 0.25) is 0 Å². The van der Waals surface area contributed by atoms with Gasteiger partial charge in [0.1, 0.15) is 5.82 Å². The SMILES string of the molecule is CC1CCCC(CNc2ccnn2C)C1. The Labute approximate surface area is 91.9 Å². The molecule has 1 aliphatic carbocycles. The third kappa shape index (κ3) is 2.74. The van der Waals surface area contributed by atoms with E-state index in [0.29, 0.717) is 0 Å². The van der Waals surface area contributed by atoms with Crippen molar-refractivity contribution < 1.29 is 0 Å². The first-order valence-corrected chi connectivity index (χ1v) is 5.97. The largest absolute Gasteiger partial charge is 0.370 e. The number of hydrogen-bond donors (Lipinski definition) is 1. The molecule has 0 aromatic carbocycles. The fraction of sp³-hybridized carbons (Fsp3) is 0.750. The first kappa shape index (κ1) is 10.5. The van der Waals surface area contributed by atoms with E-state index in [1.54, 1.807) is 0 Å². The highest BCUT2D eigenvalue weighted by molar-refractivity contribution is 5.33. The standard InChI is InChI=1S/C12H21N3/c1-10-4-3-5-11(8-10)9-13-12-6-7-14-15(12)2/h6-7,10-11,13H,3-5,8-9H2,1-2H3. The van der Waals surface area contributed by atoms with Gasteiger partial charge < -0.3 is 5.32 Å². The zero-order valence-electron chi connectivity index (χ0n) is 9.74. The second-order valence-electron chi connectivity index (χ2n) is 4.86. The predicted molar refractivity (Wildman–Crippen MR) is 62.8 cm³/mol. The van der Waals surface area contributed by atoms with E-state index in [4.69, 9.17) is 0 Å². The molecule has 3 heteroatoms. The van der Waals surface area contributed by atoms with E-state index in [0.717, 1.165) is 24.2 Å². The van der Waals surface area contributed by atoms with Gasteiger partial charge in [-0.2, -0.15) is 5.10 Å². The molecule has 1 aromatic rings. The summed E-state index contributed by atoms with van der Waals surface area (Å²) >= 11 is 0. The molecule has 1 fully saturated rings. The monoisotopic (exact) mass is 207 g/mol. The van der Waals surface area contributed by atoms with Crippen LogP contribution in [0.5, 0.6) is 0 Å². The van der Waals surface area contributed by atoms with Crippen LogP contribution in [0.15, 0.2) is 12.3 Å². The highest BCUT2D eigenvalue weighted by Gasteiger charge is 2.18. The van der Waals surface area contributed by atoms with Crippen molar-refractivity contribution in [2.45, 2.75) is 32.6 Å². The Morgan fingerprint density at radius 1 is 1.53 bits per heavy atom. The van der Waals surface area contributed by atoms with Gasteiger partial charge in [-0.1, -0.05) is 19.8 Å². The third-order valence-corrected chi connectivity index (χ3v) is 3.44. The molecular formula is C12H21N3. The van der Waals surface area contributed by atoms with Crippen LogP contribution in [0.4, 0.5) is 5.82 Å². The lowest BCUT2D eigenvalue weighted by molar-refractivity contribution is 0.293. The fourth-order valence-corrected chi connectivity index (χ4v) is 2.54. The van der Waals surface area contributed by atoms with Gasteiger partial charge in [0.25, 0.3) is 0 Å². The molecule has 2 rings (SSSR count). The summed E-state index contributed by atoms with van der Waals surface area (Å²) in [7, 11) is 1.98. The average molecular weight is 207 g/mol. The molecule has 0 saturated heterocycles. The van der Waals surface area contributed by atoms with Crippen molar-refractivity contribution in [3.63, 3.8) is 0 Å². The molecule has 0 amide bonds. The van der Waals surface area contributed by atoms with E-state index in [9.17, 15) is 0 Å². The van der Waals surface area contributed by atoms with Crippen molar-refractivity contribution in [3.05, 3.63) is 12.3 Å². The van der Waals surface area contributed by atoms with Crippen molar-refractivity contribution in [3.8, 4) is 0 Å². The van der Waals surface area contributed by atoms with Crippen molar-refractivity contribution in [2.24, 2.45) is 18.9 Å². The average Bonchev–Trinajstić information content (AvgIpc) is 2.61. The normalized spacial score (nSPS) is 26.5. The summed E-state index contributed by atoms with van der Waals surface area (Å²) in [5.74, 6) is 2.90. The zero-order chi connectivity index (χ0) is 10.7. The molecule has 15 heavy (non-hydrogen) atoms. The minimum absolute atomic E-state index is 0.851. The van der Waals surface area contributed by atoms with Crippen LogP contribution in [-0.4, -0.2) is 16.3 Å². The Morgan fingerprint density at radius 3 is 3.07 bits per heavy atom. The number of aryl methyl sites for hydroxylation is 1. The fourth-order valence-electron chi connectivity index (χ4n) is 2.54. The summed E-state index contributed by atoms with van der Waals surface area (Å²) in [6.45, 7) is 3.47. The Bertz CT molecular complexity index is 306. The smallest absolute Gasteiger partial charge is 0.123 e. The molecule has 1 saturated carbocycles. The summed E-state index contributed by atoms with van der Waals surface area (Å²) in [5, 5.41) is 7.63. The van der Waals surface area contributed by atoms with E-state index in [2.05, 4.69) is 17.3 Å². The Morgan fingerprint density at radius 2 is 2.40 bits per heavy atom. The van der Waals surface area contributed by atoms with Gasteiger partial charge in [-0.25, -0.2) is 0 Å². The van der Waals surface area contributed by atoms with Gasteiger partial charge in [0, 0.05) is 19.7 Å². The summed E-state index contributed by atoms with van der Waals surface area (Å²) in [6, 6.07) is 2.03. The van der Waals surface area contributed by atoms with E-state index >= 15 is 0 Å². The van der Waals surface area contributed by atoms with Crippen LogP contribution in [0.25, 0.3) is 0 Å². The molecule has 1 N–H and O–H groups in total. The van der Waals surface area contributed by atoms with Gasteiger partial charge in [-0.05, 0) is 24.7 Å². The molecule has 0 spiro atoms. The van der Waals surface area contributed by atoms with Crippen molar-refractivity contribution >= 4 is 5.82 Å². The van der Waals surface area contributed by atoms with Crippen LogP contribution in [-0.2, 0) is 7.05 Å². The lowest BCUT2D eigenvalue weighted by Crippen LogP contribution is -2.21. The molecule has 1 heterocycles. The second kappa shape index (κ2) is 4.69. The zero-order valence-corrected chi connectivity index (χ0v) is 9.74. The van der Waals surface area contributed by atoms with Crippen molar-refractivity contribution in [1.82, 2.24) is 9.78 Å². The minimum atomic E-state index is 0.851. The van der Waals surface area contributed by atoms with E-state index in [-0.39, 0.29) is 0 Å². The quantitative estimate of drug-likeness (QED) is 0.825. The van der Waals surface area contributed by atoms with Gasteiger partial charge in [0.15, 0.2) is 0 Å². The number of nitrogens with one attached hydrogen (secondary N) is 1. The maximum Gasteiger partial charge on any atom is 0.123 e. The first-order chi connectivity index (χ1) is 7.25. The van der Waals surface area contributed by atoms with Gasteiger partial charge in [-0.3, -0.25) is 4.68 Å². The summed E-state index contributed by atoms with van der Waals surface area (Å²) < 4.78 is 1.90. The highest BCUT2D eigenvalue weighted by Crippen LogP contribution is 2.28. The molecule has 1 aliphatic rings. The van der Waals surface area contributed by atoms with Gasteiger partial charge in [0.05, 0.1) is 6.20 Å². The van der Waals surface area contributed by atoms with E-state index in [1.807, 2.05) is 24.0 Å². The number of nitrogens with zero attached hydrogens (tertiary/aromatic N) is 2. The lowest BCUT2D eigenvalue weighted by atomic mass is 9.82. The Balaban J connectivity index is 1.80. The van der Waals surface area contributed by atoms with Crippen LogP contribution < -0.4 is 5.32 Å². The molecule has 1 aromatic heterocycles. The molecule has 84 valence electrons. The number of anilines is 1. The molecule has 3 nitrogen and oxygen atoms in total. The molecule has 2 atom stereocenters. The van der Waals surface area contributed by atoms with Crippen LogP contribution >= 0.6 is 0 Å². The molecule has 0 bridgehead atoms. The lowest BCUT2D eigenvalue weighted by Gasteiger charge is -2.27. The van der Waals surface area contributed by atoms with Gasteiger partial charge >= 0.3 is 0 Å². The highest BCUT2D eigenvalue weighted by atomic mass is 15.3. The number of aromatic nitrogens is 2. The minimum Gasteiger partial charge on any atom is -0.370 e. The van der Waals surface area contributed by atoms with Crippen LogP contribution in [0.1, 0.15) is 32.6 Å². The topological polar surface area (TPSA) is 29.9 Å². The summed E-state index contributed by atoms with van der Waals surface area (Å²) in [4.78, 5) is 0. The Kier molecular flexibility index (Phi) is 3.29. The van der Waals surface area contributed by atoms with Crippen LogP contribution in [0, 0.1) is 11.8 Å². The molecule has 0 radical (unpaired) electrons. The van der Waals surface area contributed by atoms with Crippen molar-refractivity contribution in [2.75, 3.05) is 11.9 Å². The summed E-state index contributed by atoms with van der Waals surface area (Å²) in [5.41, 5.74) is 0. The predicted octanol–water partition coefficient (Wildman–Crippen LogP) is 2.66. The van der Waals surface area contributed by atoms with Crippen LogP contribution in [0.3, 0.4) is 0 Å². The van der Waals surface area contributed by atoms with E-state index < -0.39 is 0 Å². The molecule has 2 unspecified atom stereocenters. The van der Waals surface area contributed by atoms with Gasteiger partial charge in [-0.15, -0.1) is 0 Å². The van der Waals surface area contributed by atoms with Gasteiger partial charge in [0.2, 0.25) is 0 Å². The second-order valence-corrected chi connectivity index (χ2v) is 4.86. The third-order valence-electron chi connectivity index (χ3n) is 3.44. The maximum absolute atomic E-state index is 4.15. The number of rotatable bonds is 3. The molecular weight excluding hydrogens is 186 g/mol. The molecule has 0 aliphatic heterocycles. The Hall–Kier alpha value is -0.990. The van der Waals surface area contributed by atoms with Crippen molar-refractivity contribution in [1.29, 1.82) is 0 Å². The van der Waals surface area contributed by atoms with E-state index in [1.165, 1.54) is 25.7 Å². The summed E-state index contributed by atoms with van der Waals surface area (Å²) in [6.07, 6.45) is 7.42. The first-order valence-electron chi connectivity index (χ1n) is 5.97. The maximum atomic E-state index is 4.15. The number of hydrogen-bond acceptors (Lipinski definition) is 2.